The van der Waals surface area contributed by atoms with Crippen LogP contribution >= 0.6 is 0 Å². The number of pyridine rings is 1. The SMILES string of the molecule is C#Cc1cc(C=O)c(OC)cn1. The molecule has 0 aliphatic rings. The average molecular weight is 161 g/mol. The van der Waals surface area contributed by atoms with Gasteiger partial charge in [-0.25, -0.2) is 4.98 Å². The lowest BCUT2D eigenvalue weighted by molar-refractivity contribution is 0.112. The zero-order valence-corrected chi connectivity index (χ0v) is 6.57. The van der Waals surface area contributed by atoms with Gasteiger partial charge in [-0.3, -0.25) is 4.79 Å². The summed E-state index contributed by atoms with van der Waals surface area (Å²) in [5, 5.41) is 0. The van der Waals surface area contributed by atoms with Gasteiger partial charge in [-0.15, -0.1) is 6.42 Å². The second kappa shape index (κ2) is 3.54. The van der Waals surface area contributed by atoms with Crippen LogP contribution in [-0.2, 0) is 0 Å². The number of carbonyl (C=O) groups is 1. The van der Waals surface area contributed by atoms with E-state index < -0.39 is 0 Å². The Balaban J connectivity index is 3.21. The molecule has 0 radical (unpaired) electrons. The van der Waals surface area contributed by atoms with E-state index in [1.807, 2.05) is 0 Å². The van der Waals surface area contributed by atoms with Gasteiger partial charge < -0.3 is 4.74 Å². The summed E-state index contributed by atoms with van der Waals surface area (Å²) < 4.78 is 4.87. The van der Waals surface area contributed by atoms with E-state index >= 15 is 0 Å². The molecule has 3 heteroatoms. The first-order chi connectivity index (χ1) is 5.81. The number of nitrogens with zero attached hydrogens (tertiary/aromatic N) is 1. The highest BCUT2D eigenvalue weighted by atomic mass is 16.5. The third-order valence-electron chi connectivity index (χ3n) is 1.39. The fourth-order valence-electron chi connectivity index (χ4n) is 0.800. The van der Waals surface area contributed by atoms with Crippen molar-refractivity contribution in [3.63, 3.8) is 0 Å². The van der Waals surface area contributed by atoms with Gasteiger partial charge in [-0.05, 0) is 6.07 Å². The van der Waals surface area contributed by atoms with Gasteiger partial charge in [-0.1, -0.05) is 5.92 Å². The Morgan fingerprint density at radius 3 is 3.00 bits per heavy atom. The molecule has 0 atom stereocenters. The van der Waals surface area contributed by atoms with Gasteiger partial charge in [0.25, 0.3) is 0 Å². The molecular formula is C9H7NO2. The largest absolute Gasteiger partial charge is 0.494 e. The van der Waals surface area contributed by atoms with Gasteiger partial charge in [0.2, 0.25) is 0 Å². The molecule has 1 aromatic heterocycles. The first-order valence-corrected chi connectivity index (χ1v) is 3.27. The van der Waals surface area contributed by atoms with E-state index in [-0.39, 0.29) is 0 Å². The van der Waals surface area contributed by atoms with Crippen LogP contribution in [-0.4, -0.2) is 18.4 Å². The topological polar surface area (TPSA) is 39.2 Å². The Morgan fingerprint density at radius 2 is 2.50 bits per heavy atom. The predicted octanol–water partition coefficient (Wildman–Crippen LogP) is 0.884. The van der Waals surface area contributed by atoms with Crippen molar-refractivity contribution in [1.29, 1.82) is 0 Å². The Hall–Kier alpha value is -1.82. The van der Waals surface area contributed by atoms with Gasteiger partial charge in [0.05, 0.1) is 18.9 Å². The summed E-state index contributed by atoms with van der Waals surface area (Å²) in [4.78, 5) is 14.3. The zero-order valence-electron chi connectivity index (χ0n) is 6.57. The average Bonchev–Trinajstić information content (AvgIpc) is 2.16. The van der Waals surface area contributed by atoms with Gasteiger partial charge in [0.1, 0.15) is 11.4 Å². The first-order valence-electron chi connectivity index (χ1n) is 3.27. The molecule has 0 N–H and O–H groups in total. The molecule has 0 saturated heterocycles. The van der Waals surface area contributed by atoms with E-state index in [0.717, 1.165) is 0 Å². The number of aldehydes is 1. The van der Waals surface area contributed by atoms with E-state index in [4.69, 9.17) is 11.2 Å². The maximum atomic E-state index is 10.5. The smallest absolute Gasteiger partial charge is 0.153 e. The van der Waals surface area contributed by atoms with Gasteiger partial charge >= 0.3 is 0 Å². The Bertz CT molecular complexity index is 339. The monoisotopic (exact) mass is 161 g/mol. The number of hydrogen-bond donors (Lipinski definition) is 0. The van der Waals surface area contributed by atoms with Gasteiger partial charge in [-0.2, -0.15) is 0 Å². The summed E-state index contributed by atoms with van der Waals surface area (Å²) in [5.41, 5.74) is 0.846. The van der Waals surface area contributed by atoms with Gasteiger partial charge in [0.15, 0.2) is 6.29 Å². The van der Waals surface area contributed by atoms with Crippen LogP contribution in [0.1, 0.15) is 16.1 Å². The van der Waals surface area contributed by atoms with Crippen LogP contribution in [0.15, 0.2) is 12.3 Å². The van der Waals surface area contributed by atoms with E-state index in [1.165, 1.54) is 19.4 Å². The fraction of sp³-hybridized carbons (Fsp3) is 0.111. The molecule has 0 aromatic carbocycles. The normalized spacial score (nSPS) is 8.67. The lowest BCUT2D eigenvalue weighted by atomic mass is 10.2. The Kier molecular flexibility index (Phi) is 2.44. The quantitative estimate of drug-likeness (QED) is 0.477. The van der Waals surface area contributed by atoms with Crippen LogP contribution in [0.2, 0.25) is 0 Å². The minimum absolute atomic E-state index is 0.417. The fourth-order valence-corrected chi connectivity index (χ4v) is 0.800. The number of methoxy groups -OCH3 is 1. The summed E-state index contributed by atoms with van der Waals surface area (Å²) in [6.07, 6.45) is 7.21. The molecule has 0 spiro atoms. The van der Waals surface area contributed by atoms with E-state index in [0.29, 0.717) is 23.3 Å². The standard InChI is InChI=1S/C9H7NO2/c1-3-8-4-7(6-11)9(12-2)5-10-8/h1,4-6H,2H3. The lowest BCUT2D eigenvalue weighted by Crippen LogP contribution is -1.93. The van der Waals surface area contributed by atoms with Crippen LogP contribution < -0.4 is 4.74 Å². The maximum absolute atomic E-state index is 10.5. The second-order valence-electron chi connectivity index (χ2n) is 2.07. The van der Waals surface area contributed by atoms with Crippen molar-refractivity contribution in [3.05, 3.63) is 23.5 Å². The number of terminal acetylenes is 1. The highest BCUT2D eigenvalue weighted by molar-refractivity contribution is 5.79. The molecule has 0 fully saturated rings. The third kappa shape index (κ3) is 1.43. The van der Waals surface area contributed by atoms with Crippen molar-refractivity contribution in [1.82, 2.24) is 4.98 Å². The number of carbonyl (C=O) groups excluding carboxylic acids is 1. The highest BCUT2D eigenvalue weighted by Crippen LogP contribution is 2.14. The van der Waals surface area contributed by atoms with Crippen LogP contribution in [0, 0.1) is 12.3 Å². The summed E-state index contributed by atoms with van der Waals surface area (Å²) in [6, 6.07) is 1.51. The molecule has 1 rings (SSSR count). The molecular weight excluding hydrogens is 154 g/mol. The zero-order chi connectivity index (χ0) is 8.97. The minimum atomic E-state index is 0.417. The molecule has 12 heavy (non-hydrogen) atoms. The molecule has 0 saturated carbocycles. The van der Waals surface area contributed by atoms with Crippen LogP contribution in [0.5, 0.6) is 5.75 Å². The Labute approximate surface area is 70.4 Å². The number of hydrogen-bond acceptors (Lipinski definition) is 3. The van der Waals surface area contributed by atoms with Crippen LogP contribution in [0.4, 0.5) is 0 Å². The molecule has 0 unspecified atom stereocenters. The molecule has 60 valence electrons. The lowest BCUT2D eigenvalue weighted by Gasteiger charge is -2.01. The minimum Gasteiger partial charge on any atom is -0.494 e. The van der Waals surface area contributed by atoms with Crippen molar-refractivity contribution in [2.75, 3.05) is 7.11 Å². The third-order valence-corrected chi connectivity index (χ3v) is 1.39. The van der Waals surface area contributed by atoms with Crippen molar-refractivity contribution in [3.8, 4) is 18.1 Å². The highest BCUT2D eigenvalue weighted by Gasteiger charge is 2.02. The predicted molar refractivity (Wildman–Crippen MR) is 44.1 cm³/mol. The van der Waals surface area contributed by atoms with Crippen molar-refractivity contribution < 1.29 is 9.53 Å². The second-order valence-corrected chi connectivity index (χ2v) is 2.07. The summed E-state index contributed by atoms with van der Waals surface area (Å²) in [6.45, 7) is 0. The molecule has 0 aliphatic heterocycles. The number of ether oxygens (including phenoxy) is 1. The van der Waals surface area contributed by atoms with E-state index in [9.17, 15) is 4.79 Å². The number of rotatable bonds is 2. The summed E-state index contributed by atoms with van der Waals surface area (Å²) in [5.74, 6) is 2.76. The van der Waals surface area contributed by atoms with E-state index in [1.54, 1.807) is 0 Å². The summed E-state index contributed by atoms with van der Waals surface area (Å²) in [7, 11) is 1.47. The van der Waals surface area contributed by atoms with Crippen LogP contribution in [0.25, 0.3) is 0 Å². The number of aromatic nitrogens is 1. The molecule has 1 heterocycles. The summed E-state index contributed by atoms with van der Waals surface area (Å²) >= 11 is 0. The van der Waals surface area contributed by atoms with Crippen molar-refractivity contribution in [2.24, 2.45) is 0 Å². The van der Waals surface area contributed by atoms with E-state index in [2.05, 4.69) is 10.9 Å². The molecule has 3 nitrogen and oxygen atoms in total. The van der Waals surface area contributed by atoms with Crippen molar-refractivity contribution in [2.45, 2.75) is 0 Å². The maximum Gasteiger partial charge on any atom is 0.153 e. The molecule has 0 aliphatic carbocycles. The van der Waals surface area contributed by atoms with Gasteiger partial charge in [0, 0.05) is 0 Å². The first kappa shape index (κ1) is 8.28. The van der Waals surface area contributed by atoms with Crippen LogP contribution in [0.3, 0.4) is 0 Å². The Morgan fingerprint density at radius 1 is 1.75 bits per heavy atom. The molecule has 0 amide bonds. The molecule has 1 aromatic rings. The molecule has 0 bridgehead atoms. The van der Waals surface area contributed by atoms with Crippen molar-refractivity contribution >= 4 is 6.29 Å².